The van der Waals surface area contributed by atoms with Gasteiger partial charge in [0.1, 0.15) is 0 Å². The minimum absolute atomic E-state index is 0. The molecule has 0 amide bonds. The number of rotatable bonds is 4. The molecule has 0 atom stereocenters. The standard InChI is InChI=1S/C4H7NO4.Mg.2H/c6-3(7)1-5-2-4(8)9;;;/h5H,1-2H2,(H,6,7)(H,8,9);;;. The van der Waals surface area contributed by atoms with Crippen molar-refractivity contribution in [1.82, 2.24) is 5.32 Å². The van der Waals surface area contributed by atoms with E-state index in [0.29, 0.717) is 0 Å². The van der Waals surface area contributed by atoms with Crippen molar-refractivity contribution in [2.24, 2.45) is 0 Å². The van der Waals surface area contributed by atoms with Gasteiger partial charge >= 0.3 is 35.0 Å². The molecule has 0 fully saturated rings. The molecule has 0 aromatic heterocycles. The van der Waals surface area contributed by atoms with Crippen LogP contribution in [0.1, 0.15) is 0 Å². The summed E-state index contributed by atoms with van der Waals surface area (Å²) >= 11 is 0. The number of carboxylic acids is 2. The predicted molar refractivity (Wildman–Crippen MR) is 36.7 cm³/mol. The third kappa shape index (κ3) is 10.6. The topological polar surface area (TPSA) is 86.6 Å². The van der Waals surface area contributed by atoms with Crippen molar-refractivity contribution in [1.29, 1.82) is 0 Å². The molecule has 0 spiro atoms. The van der Waals surface area contributed by atoms with Crippen LogP contribution in [0.25, 0.3) is 0 Å². The van der Waals surface area contributed by atoms with Gasteiger partial charge in [0.15, 0.2) is 0 Å². The van der Waals surface area contributed by atoms with Crippen molar-refractivity contribution in [3.8, 4) is 0 Å². The Kier molecular flexibility index (Phi) is 8.38. The Morgan fingerprint density at radius 3 is 1.60 bits per heavy atom. The van der Waals surface area contributed by atoms with E-state index < -0.39 is 11.9 Å². The maximum absolute atomic E-state index is 9.73. The smallest absolute Gasteiger partial charge is 0.317 e. The van der Waals surface area contributed by atoms with Crippen LogP contribution < -0.4 is 5.32 Å². The summed E-state index contributed by atoms with van der Waals surface area (Å²) in [4.78, 5) is 19.5. The lowest BCUT2D eigenvalue weighted by atomic mass is 10.6. The normalized spacial score (nSPS) is 8.00. The average Bonchev–Trinajstić information content (AvgIpc) is 1.63. The lowest BCUT2D eigenvalue weighted by Gasteiger charge is -1.93. The van der Waals surface area contributed by atoms with E-state index in [-0.39, 0.29) is 36.1 Å². The fourth-order valence-corrected chi connectivity index (χ4v) is 0.276. The van der Waals surface area contributed by atoms with Crippen molar-refractivity contribution in [3.63, 3.8) is 0 Å². The van der Waals surface area contributed by atoms with E-state index in [0.717, 1.165) is 0 Å². The quantitative estimate of drug-likeness (QED) is 0.407. The average molecular weight is 159 g/mol. The van der Waals surface area contributed by atoms with Gasteiger partial charge in [-0.05, 0) is 0 Å². The number of hydrogen-bond acceptors (Lipinski definition) is 3. The van der Waals surface area contributed by atoms with Gasteiger partial charge in [-0.2, -0.15) is 0 Å². The van der Waals surface area contributed by atoms with Crippen LogP contribution in [0.2, 0.25) is 0 Å². The highest BCUT2D eigenvalue weighted by atomic mass is 24.3. The lowest BCUT2D eigenvalue weighted by Crippen LogP contribution is -2.27. The molecule has 10 heavy (non-hydrogen) atoms. The highest BCUT2D eigenvalue weighted by Gasteiger charge is 1.97. The Hall–Kier alpha value is -0.334. The third-order valence-electron chi connectivity index (χ3n) is 0.552. The van der Waals surface area contributed by atoms with E-state index in [1.54, 1.807) is 0 Å². The summed E-state index contributed by atoms with van der Waals surface area (Å²) in [6.45, 7) is -0.626. The Bertz CT molecular complexity index is 112. The maximum atomic E-state index is 9.73. The summed E-state index contributed by atoms with van der Waals surface area (Å²) in [6, 6.07) is 0. The van der Waals surface area contributed by atoms with Crippen molar-refractivity contribution in [2.45, 2.75) is 0 Å². The van der Waals surface area contributed by atoms with Gasteiger partial charge in [-0.3, -0.25) is 14.9 Å². The van der Waals surface area contributed by atoms with Crippen LogP contribution >= 0.6 is 0 Å². The summed E-state index contributed by atoms with van der Waals surface area (Å²) in [5.74, 6) is -2.12. The maximum Gasteiger partial charge on any atom is 0.317 e. The van der Waals surface area contributed by atoms with Crippen molar-refractivity contribution < 1.29 is 19.8 Å². The Morgan fingerprint density at radius 2 is 1.40 bits per heavy atom. The van der Waals surface area contributed by atoms with Gasteiger partial charge in [0, 0.05) is 0 Å². The Morgan fingerprint density at radius 1 is 1.10 bits per heavy atom. The Labute approximate surface area is 73.6 Å². The molecule has 0 heterocycles. The van der Waals surface area contributed by atoms with Gasteiger partial charge in [0.2, 0.25) is 0 Å². The van der Waals surface area contributed by atoms with Crippen LogP contribution in [-0.4, -0.2) is 58.3 Å². The number of nitrogens with one attached hydrogen (secondary N) is 1. The van der Waals surface area contributed by atoms with Gasteiger partial charge in [0.25, 0.3) is 0 Å². The molecule has 0 saturated carbocycles. The largest absolute Gasteiger partial charge is 0.480 e. The molecule has 6 heteroatoms. The first kappa shape index (κ1) is 12.4. The molecule has 3 N–H and O–H groups in total. The summed E-state index contributed by atoms with van der Waals surface area (Å²) in [5, 5.41) is 18.1. The first-order valence-corrected chi connectivity index (χ1v) is 2.27. The van der Waals surface area contributed by atoms with E-state index in [4.69, 9.17) is 10.2 Å². The highest BCUT2D eigenvalue weighted by Crippen LogP contribution is 1.61. The first-order valence-electron chi connectivity index (χ1n) is 2.27. The molecule has 5 nitrogen and oxygen atoms in total. The lowest BCUT2D eigenvalue weighted by molar-refractivity contribution is -0.137. The highest BCUT2D eigenvalue weighted by molar-refractivity contribution is 5.75. The minimum atomic E-state index is -1.06. The second-order valence-corrected chi connectivity index (χ2v) is 1.39. The molecule has 56 valence electrons. The van der Waals surface area contributed by atoms with Crippen molar-refractivity contribution >= 4 is 35.0 Å². The van der Waals surface area contributed by atoms with Gasteiger partial charge in [-0.15, -0.1) is 0 Å². The molecule has 0 aromatic rings. The van der Waals surface area contributed by atoms with Crippen LogP contribution in [-0.2, 0) is 9.59 Å². The Balaban J connectivity index is 0. The molecule has 0 radical (unpaired) electrons. The second kappa shape index (κ2) is 6.78. The van der Waals surface area contributed by atoms with Crippen LogP contribution in [0.15, 0.2) is 0 Å². The molecule has 0 saturated heterocycles. The summed E-state index contributed by atoms with van der Waals surface area (Å²) in [7, 11) is 0. The molecule has 0 bridgehead atoms. The van der Waals surface area contributed by atoms with E-state index in [2.05, 4.69) is 5.32 Å². The van der Waals surface area contributed by atoms with E-state index in [9.17, 15) is 9.59 Å². The molecule has 0 rings (SSSR count). The van der Waals surface area contributed by atoms with Crippen LogP contribution in [0.4, 0.5) is 0 Å². The fourth-order valence-electron chi connectivity index (χ4n) is 0.276. The molecule has 0 aliphatic rings. The molecule has 0 aliphatic heterocycles. The monoisotopic (exact) mass is 159 g/mol. The fraction of sp³-hybridized carbons (Fsp3) is 0.500. The summed E-state index contributed by atoms with van der Waals surface area (Å²) in [5.41, 5.74) is 0. The molecule has 0 unspecified atom stereocenters. The number of carbonyl (C=O) groups is 2. The zero-order chi connectivity index (χ0) is 7.28. The van der Waals surface area contributed by atoms with Crippen LogP contribution in [0.5, 0.6) is 0 Å². The summed E-state index contributed by atoms with van der Waals surface area (Å²) in [6.07, 6.45) is 0. The number of carboxylic acid groups (broad SMARTS) is 2. The molecular formula is C4H9MgNO4. The number of hydrogen-bond donors (Lipinski definition) is 3. The predicted octanol–water partition coefficient (Wildman–Crippen LogP) is -2.17. The van der Waals surface area contributed by atoms with Crippen LogP contribution in [0, 0.1) is 0 Å². The van der Waals surface area contributed by atoms with E-state index in [1.807, 2.05) is 0 Å². The third-order valence-corrected chi connectivity index (χ3v) is 0.552. The SMILES string of the molecule is O=C(O)CNCC(=O)O.[MgH2]. The zero-order valence-electron chi connectivity index (χ0n) is 4.63. The van der Waals surface area contributed by atoms with E-state index >= 15 is 0 Å². The van der Waals surface area contributed by atoms with Crippen molar-refractivity contribution in [3.05, 3.63) is 0 Å². The van der Waals surface area contributed by atoms with E-state index in [1.165, 1.54) is 0 Å². The van der Waals surface area contributed by atoms with Gasteiger partial charge in [0.05, 0.1) is 13.1 Å². The van der Waals surface area contributed by atoms with Gasteiger partial charge in [-0.1, -0.05) is 0 Å². The van der Waals surface area contributed by atoms with Gasteiger partial charge in [-0.25, -0.2) is 0 Å². The molecular weight excluding hydrogens is 150 g/mol. The molecule has 0 aliphatic carbocycles. The number of aliphatic carboxylic acids is 2. The molecule has 0 aromatic carbocycles. The minimum Gasteiger partial charge on any atom is -0.480 e. The van der Waals surface area contributed by atoms with Crippen LogP contribution in [0.3, 0.4) is 0 Å². The van der Waals surface area contributed by atoms with Crippen molar-refractivity contribution in [2.75, 3.05) is 13.1 Å². The van der Waals surface area contributed by atoms with Gasteiger partial charge < -0.3 is 10.2 Å². The summed E-state index contributed by atoms with van der Waals surface area (Å²) < 4.78 is 0. The zero-order valence-corrected chi connectivity index (χ0v) is 4.63. The second-order valence-electron chi connectivity index (χ2n) is 1.39. The first-order chi connectivity index (χ1) is 4.13.